The number of hydrogen-bond donors (Lipinski definition) is 2. The summed E-state index contributed by atoms with van der Waals surface area (Å²) >= 11 is 0. The summed E-state index contributed by atoms with van der Waals surface area (Å²) in [6.07, 6.45) is 1.90. The predicted molar refractivity (Wildman–Crippen MR) is 134 cm³/mol. The molecule has 0 spiro atoms. The van der Waals surface area contributed by atoms with Crippen LogP contribution >= 0.6 is 24.0 Å². The van der Waals surface area contributed by atoms with Crippen LogP contribution < -0.4 is 10.6 Å². The highest BCUT2D eigenvalue weighted by Crippen LogP contribution is 2.14. The van der Waals surface area contributed by atoms with Crippen molar-refractivity contribution in [2.75, 3.05) is 7.05 Å². The van der Waals surface area contributed by atoms with Crippen LogP contribution in [0, 0.1) is 13.8 Å². The van der Waals surface area contributed by atoms with Gasteiger partial charge >= 0.3 is 0 Å². The molecule has 31 heavy (non-hydrogen) atoms. The number of para-hydroxylation sites is 2. The summed E-state index contributed by atoms with van der Waals surface area (Å²) in [5.41, 5.74) is 5.50. The number of benzene rings is 2. The average Bonchev–Trinajstić information content (AvgIpc) is 3.32. The molecule has 0 fully saturated rings. The molecule has 0 saturated heterocycles. The van der Waals surface area contributed by atoms with Crippen molar-refractivity contribution in [1.29, 1.82) is 0 Å². The fraction of sp³-hybridized carbons (Fsp3) is 0.261. The van der Waals surface area contributed by atoms with E-state index in [2.05, 4.69) is 60.5 Å². The van der Waals surface area contributed by atoms with Gasteiger partial charge in [-0.25, -0.2) is 9.97 Å². The number of aliphatic imine (C=N–C) groups is 1. The highest BCUT2D eigenvalue weighted by molar-refractivity contribution is 14.0. The molecule has 0 amide bonds. The Morgan fingerprint density at radius 1 is 1.00 bits per heavy atom. The molecule has 0 aliphatic rings. The molecule has 0 atom stereocenters. The van der Waals surface area contributed by atoms with Crippen molar-refractivity contribution in [3.63, 3.8) is 0 Å². The smallest absolute Gasteiger partial charge is 0.214 e. The minimum Gasteiger partial charge on any atom is -0.444 e. The quantitative estimate of drug-likeness (QED) is 0.222. The molecule has 2 heterocycles. The van der Waals surface area contributed by atoms with E-state index in [1.807, 2.05) is 38.4 Å². The molecule has 0 bridgehead atoms. The number of halogens is 1. The van der Waals surface area contributed by atoms with Crippen LogP contribution in [0.15, 0.2) is 64.3 Å². The topological polar surface area (TPSA) is 80.3 Å². The SMILES string of the molecule is CN=C(NCc1ccc(Cn2cnc3ccccc32)cc1)NCc1nc(C)c(C)o1.I. The van der Waals surface area contributed by atoms with Gasteiger partial charge in [-0.3, -0.25) is 4.99 Å². The van der Waals surface area contributed by atoms with Gasteiger partial charge in [0.2, 0.25) is 5.89 Å². The number of hydrogen-bond acceptors (Lipinski definition) is 4. The molecular formula is C23H27IN6O. The van der Waals surface area contributed by atoms with Gasteiger partial charge in [0, 0.05) is 20.1 Å². The van der Waals surface area contributed by atoms with E-state index in [0.717, 1.165) is 29.0 Å². The minimum absolute atomic E-state index is 0. The van der Waals surface area contributed by atoms with Gasteiger partial charge in [0.25, 0.3) is 0 Å². The second-order valence-electron chi connectivity index (χ2n) is 7.21. The Bertz CT molecular complexity index is 1140. The largest absolute Gasteiger partial charge is 0.444 e. The fourth-order valence-electron chi connectivity index (χ4n) is 3.28. The van der Waals surface area contributed by atoms with Gasteiger partial charge in [0.05, 0.1) is 29.6 Å². The van der Waals surface area contributed by atoms with Crippen LogP contribution in [-0.4, -0.2) is 27.5 Å². The van der Waals surface area contributed by atoms with Gasteiger partial charge in [-0.15, -0.1) is 24.0 Å². The zero-order valence-corrected chi connectivity index (χ0v) is 20.3. The second kappa shape index (κ2) is 10.4. The van der Waals surface area contributed by atoms with Crippen molar-refractivity contribution in [2.24, 2.45) is 4.99 Å². The Hall–Kier alpha value is -2.88. The molecule has 7 nitrogen and oxygen atoms in total. The van der Waals surface area contributed by atoms with Gasteiger partial charge in [0.15, 0.2) is 5.96 Å². The van der Waals surface area contributed by atoms with E-state index in [-0.39, 0.29) is 24.0 Å². The summed E-state index contributed by atoms with van der Waals surface area (Å²) in [5, 5.41) is 6.55. The van der Waals surface area contributed by atoms with Crippen molar-refractivity contribution < 1.29 is 4.42 Å². The normalized spacial score (nSPS) is 11.4. The molecule has 0 unspecified atom stereocenters. The van der Waals surface area contributed by atoms with Crippen molar-refractivity contribution in [1.82, 2.24) is 25.2 Å². The first-order valence-corrected chi connectivity index (χ1v) is 9.97. The number of aryl methyl sites for hydroxylation is 2. The van der Waals surface area contributed by atoms with Crippen LogP contribution in [-0.2, 0) is 19.6 Å². The standard InChI is InChI=1S/C23H26N6O.HI/c1-16-17(2)30-22(28-16)13-26-23(24-3)25-12-18-8-10-19(11-9-18)14-29-15-27-20-6-4-5-7-21(20)29;/h4-11,15H,12-14H2,1-3H3,(H2,24,25,26);1H. The van der Waals surface area contributed by atoms with Crippen LogP contribution in [0.3, 0.4) is 0 Å². The summed E-state index contributed by atoms with van der Waals surface area (Å²) in [7, 11) is 1.75. The lowest BCUT2D eigenvalue weighted by Gasteiger charge is -2.11. The Balaban J connectivity index is 0.00000272. The molecule has 8 heteroatoms. The van der Waals surface area contributed by atoms with Gasteiger partial charge in [0.1, 0.15) is 5.76 Å². The fourth-order valence-corrected chi connectivity index (χ4v) is 3.28. The van der Waals surface area contributed by atoms with Gasteiger partial charge in [-0.05, 0) is 37.1 Å². The molecule has 0 radical (unpaired) electrons. The van der Waals surface area contributed by atoms with Crippen molar-refractivity contribution in [3.05, 3.63) is 83.3 Å². The number of aromatic nitrogens is 3. The molecule has 4 rings (SSSR count). The van der Waals surface area contributed by atoms with E-state index in [1.165, 1.54) is 11.1 Å². The number of fused-ring (bicyclic) bond motifs is 1. The van der Waals surface area contributed by atoms with E-state index in [1.54, 1.807) is 7.05 Å². The summed E-state index contributed by atoms with van der Waals surface area (Å²) in [5.74, 6) is 2.21. The van der Waals surface area contributed by atoms with Crippen LogP contribution in [0.2, 0.25) is 0 Å². The number of rotatable bonds is 6. The molecule has 0 saturated carbocycles. The summed E-state index contributed by atoms with van der Waals surface area (Å²) < 4.78 is 7.76. The Labute approximate surface area is 199 Å². The lowest BCUT2D eigenvalue weighted by Crippen LogP contribution is -2.36. The third-order valence-electron chi connectivity index (χ3n) is 5.07. The predicted octanol–water partition coefficient (Wildman–Crippen LogP) is 4.17. The van der Waals surface area contributed by atoms with E-state index in [9.17, 15) is 0 Å². The van der Waals surface area contributed by atoms with Crippen LogP contribution in [0.25, 0.3) is 11.0 Å². The van der Waals surface area contributed by atoms with Crippen molar-refractivity contribution in [3.8, 4) is 0 Å². The molecule has 4 aromatic rings. The highest BCUT2D eigenvalue weighted by Gasteiger charge is 2.07. The van der Waals surface area contributed by atoms with Gasteiger partial charge in [-0.2, -0.15) is 0 Å². The lowest BCUT2D eigenvalue weighted by molar-refractivity contribution is 0.463. The monoisotopic (exact) mass is 530 g/mol. The lowest BCUT2D eigenvalue weighted by atomic mass is 10.1. The zero-order valence-electron chi connectivity index (χ0n) is 17.9. The first-order valence-electron chi connectivity index (χ1n) is 9.97. The molecule has 2 aromatic carbocycles. The molecule has 2 aromatic heterocycles. The van der Waals surface area contributed by atoms with Gasteiger partial charge < -0.3 is 19.6 Å². The van der Waals surface area contributed by atoms with Crippen molar-refractivity contribution >= 4 is 41.0 Å². The molecular weight excluding hydrogens is 503 g/mol. The number of oxazole rings is 1. The van der Waals surface area contributed by atoms with E-state index >= 15 is 0 Å². The maximum atomic E-state index is 5.59. The summed E-state index contributed by atoms with van der Waals surface area (Å²) in [6, 6.07) is 16.8. The third-order valence-corrected chi connectivity index (χ3v) is 5.07. The Morgan fingerprint density at radius 2 is 1.71 bits per heavy atom. The van der Waals surface area contributed by atoms with E-state index in [4.69, 9.17) is 4.42 Å². The maximum absolute atomic E-state index is 5.59. The number of nitrogens with zero attached hydrogens (tertiary/aromatic N) is 4. The van der Waals surface area contributed by atoms with E-state index in [0.29, 0.717) is 24.9 Å². The molecule has 0 aliphatic carbocycles. The van der Waals surface area contributed by atoms with Crippen LogP contribution in [0.4, 0.5) is 0 Å². The Kier molecular flexibility index (Phi) is 7.67. The van der Waals surface area contributed by atoms with Gasteiger partial charge in [-0.1, -0.05) is 36.4 Å². The summed E-state index contributed by atoms with van der Waals surface area (Å²) in [6.45, 7) is 5.82. The molecule has 162 valence electrons. The molecule has 0 aliphatic heterocycles. The zero-order chi connectivity index (χ0) is 20.9. The average molecular weight is 530 g/mol. The number of imidazole rings is 1. The maximum Gasteiger partial charge on any atom is 0.214 e. The highest BCUT2D eigenvalue weighted by atomic mass is 127. The Morgan fingerprint density at radius 3 is 2.42 bits per heavy atom. The first kappa shape index (κ1) is 22.8. The number of guanidine groups is 1. The van der Waals surface area contributed by atoms with Crippen LogP contribution in [0.5, 0.6) is 0 Å². The molecule has 2 N–H and O–H groups in total. The summed E-state index contributed by atoms with van der Waals surface area (Å²) in [4.78, 5) is 13.1. The minimum atomic E-state index is 0. The van der Waals surface area contributed by atoms with Crippen LogP contribution in [0.1, 0.15) is 28.5 Å². The third kappa shape index (κ3) is 5.63. The first-order chi connectivity index (χ1) is 14.6. The number of nitrogens with one attached hydrogen (secondary N) is 2. The second-order valence-corrected chi connectivity index (χ2v) is 7.21. The van der Waals surface area contributed by atoms with Crippen molar-refractivity contribution in [2.45, 2.75) is 33.5 Å². The van der Waals surface area contributed by atoms with E-state index < -0.39 is 0 Å².